The molecule has 0 spiro atoms. The van der Waals surface area contributed by atoms with E-state index in [0.29, 0.717) is 4.47 Å². The lowest BCUT2D eigenvalue weighted by atomic mass is 10.2. The number of carbonyl (C=O) groups is 1. The first-order chi connectivity index (χ1) is 9.49. The van der Waals surface area contributed by atoms with E-state index in [1.165, 1.54) is 36.5 Å². The van der Waals surface area contributed by atoms with Gasteiger partial charge in [0, 0.05) is 12.3 Å². The number of halogens is 1. The Morgan fingerprint density at radius 3 is 2.80 bits per heavy atom. The average Bonchev–Trinajstić information content (AvgIpc) is 2.41. The number of nitrogens with zero attached hydrogens (tertiary/aromatic N) is 2. The van der Waals surface area contributed by atoms with Gasteiger partial charge in [0.05, 0.1) is 15.0 Å². The van der Waals surface area contributed by atoms with Crippen molar-refractivity contribution in [1.82, 2.24) is 4.98 Å². The largest absolute Gasteiger partial charge is 0.478 e. The minimum Gasteiger partial charge on any atom is -0.478 e. The topological polar surface area (TPSA) is 103 Å². The molecule has 1 aromatic heterocycles. The standard InChI is InChI=1S/C12H7BrN2O5/c13-8-4-3-7(12(16)17)6-10(8)20-11-9(15(18)19)2-1-5-14-11/h1-6H,(H,16,17). The fraction of sp³-hybridized carbons (Fsp3) is 0. The molecule has 102 valence electrons. The molecular weight excluding hydrogens is 332 g/mol. The molecule has 0 unspecified atom stereocenters. The van der Waals surface area contributed by atoms with Crippen LogP contribution in [0, 0.1) is 10.1 Å². The van der Waals surface area contributed by atoms with E-state index in [0.717, 1.165) is 0 Å². The molecule has 0 radical (unpaired) electrons. The van der Waals surface area contributed by atoms with Crippen LogP contribution < -0.4 is 4.74 Å². The first kappa shape index (κ1) is 13.9. The van der Waals surface area contributed by atoms with Crippen LogP contribution in [-0.4, -0.2) is 21.0 Å². The summed E-state index contributed by atoms with van der Waals surface area (Å²) >= 11 is 3.18. The Morgan fingerprint density at radius 1 is 1.40 bits per heavy atom. The molecule has 0 fully saturated rings. The number of benzene rings is 1. The molecule has 2 aromatic rings. The number of nitro groups is 1. The van der Waals surface area contributed by atoms with Gasteiger partial charge in [0.2, 0.25) is 0 Å². The first-order valence-electron chi connectivity index (χ1n) is 5.29. The number of ether oxygens (including phenoxy) is 1. The van der Waals surface area contributed by atoms with Gasteiger partial charge in [-0.25, -0.2) is 9.78 Å². The number of hydrogen-bond acceptors (Lipinski definition) is 5. The van der Waals surface area contributed by atoms with E-state index >= 15 is 0 Å². The zero-order valence-corrected chi connectivity index (χ0v) is 11.4. The van der Waals surface area contributed by atoms with E-state index in [9.17, 15) is 14.9 Å². The van der Waals surface area contributed by atoms with Gasteiger partial charge in [-0.05, 0) is 40.2 Å². The molecule has 0 saturated heterocycles. The highest BCUT2D eigenvalue weighted by Crippen LogP contribution is 2.33. The highest BCUT2D eigenvalue weighted by molar-refractivity contribution is 9.10. The van der Waals surface area contributed by atoms with Gasteiger partial charge < -0.3 is 9.84 Å². The Hall–Kier alpha value is -2.48. The van der Waals surface area contributed by atoms with Crippen molar-refractivity contribution in [3.05, 3.63) is 56.7 Å². The molecule has 0 aliphatic heterocycles. The number of carboxylic acid groups (broad SMARTS) is 1. The van der Waals surface area contributed by atoms with Crippen LogP contribution in [0.5, 0.6) is 11.6 Å². The normalized spacial score (nSPS) is 10.1. The maximum absolute atomic E-state index is 10.9. The number of carboxylic acids is 1. The van der Waals surface area contributed by atoms with Crippen molar-refractivity contribution in [2.45, 2.75) is 0 Å². The molecule has 1 N–H and O–H groups in total. The van der Waals surface area contributed by atoms with E-state index in [1.807, 2.05) is 0 Å². The second-order valence-electron chi connectivity index (χ2n) is 3.64. The molecule has 0 aliphatic carbocycles. The maximum Gasteiger partial charge on any atom is 0.335 e. The molecule has 0 bridgehead atoms. The van der Waals surface area contributed by atoms with Crippen LogP contribution in [0.1, 0.15) is 10.4 Å². The van der Waals surface area contributed by atoms with Crippen LogP contribution in [0.2, 0.25) is 0 Å². The average molecular weight is 339 g/mol. The van der Waals surface area contributed by atoms with Crippen molar-refractivity contribution in [3.8, 4) is 11.6 Å². The monoisotopic (exact) mass is 338 g/mol. The Labute approximate surface area is 121 Å². The number of aromatic carboxylic acids is 1. The molecular formula is C12H7BrN2O5. The minimum atomic E-state index is -1.13. The summed E-state index contributed by atoms with van der Waals surface area (Å²) in [6.07, 6.45) is 1.34. The molecule has 0 aliphatic rings. The molecule has 2 rings (SSSR count). The molecule has 0 amide bonds. The predicted molar refractivity (Wildman–Crippen MR) is 72.1 cm³/mol. The van der Waals surface area contributed by atoms with Crippen molar-refractivity contribution in [2.75, 3.05) is 0 Å². The summed E-state index contributed by atoms with van der Waals surface area (Å²) in [5, 5.41) is 19.8. The number of rotatable bonds is 4. The fourth-order valence-corrected chi connectivity index (χ4v) is 1.75. The Kier molecular flexibility index (Phi) is 3.94. The number of pyridine rings is 1. The lowest BCUT2D eigenvalue weighted by Crippen LogP contribution is -1.99. The Morgan fingerprint density at radius 2 is 2.15 bits per heavy atom. The summed E-state index contributed by atoms with van der Waals surface area (Å²) in [6.45, 7) is 0. The van der Waals surface area contributed by atoms with Crippen molar-refractivity contribution < 1.29 is 19.6 Å². The third-order valence-corrected chi connectivity index (χ3v) is 2.99. The van der Waals surface area contributed by atoms with E-state index in [4.69, 9.17) is 9.84 Å². The van der Waals surface area contributed by atoms with Gasteiger partial charge >= 0.3 is 11.7 Å². The third-order valence-electron chi connectivity index (χ3n) is 2.33. The predicted octanol–water partition coefficient (Wildman–Crippen LogP) is 3.24. The fourth-order valence-electron chi connectivity index (χ4n) is 1.42. The van der Waals surface area contributed by atoms with Crippen LogP contribution in [-0.2, 0) is 0 Å². The summed E-state index contributed by atoms with van der Waals surface area (Å²) in [4.78, 5) is 24.9. The highest BCUT2D eigenvalue weighted by atomic mass is 79.9. The number of aromatic nitrogens is 1. The van der Waals surface area contributed by atoms with Crippen molar-refractivity contribution in [3.63, 3.8) is 0 Å². The molecule has 1 heterocycles. The van der Waals surface area contributed by atoms with Gasteiger partial charge in [-0.2, -0.15) is 0 Å². The summed E-state index contributed by atoms with van der Waals surface area (Å²) < 4.78 is 5.79. The van der Waals surface area contributed by atoms with E-state index in [2.05, 4.69) is 20.9 Å². The van der Waals surface area contributed by atoms with Gasteiger partial charge in [-0.3, -0.25) is 10.1 Å². The zero-order chi connectivity index (χ0) is 14.7. The van der Waals surface area contributed by atoms with Crippen LogP contribution in [0.3, 0.4) is 0 Å². The van der Waals surface area contributed by atoms with Gasteiger partial charge in [-0.1, -0.05) is 0 Å². The Balaban J connectivity index is 2.42. The van der Waals surface area contributed by atoms with Gasteiger partial charge in [-0.15, -0.1) is 0 Å². The molecule has 8 heteroatoms. The minimum absolute atomic E-state index is 0.00165. The second-order valence-corrected chi connectivity index (χ2v) is 4.49. The van der Waals surface area contributed by atoms with Crippen molar-refractivity contribution in [1.29, 1.82) is 0 Å². The molecule has 20 heavy (non-hydrogen) atoms. The summed E-state index contributed by atoms with van der Waals surface area (Å²) in [5.74, 6) is -1.20. The number of hydrogen-bond donors (Lipinski definition) is 1. The van der Waals surface area contributed by atoms with Crippen molar-refractivity contribution >= 4 is 27.6 Å². The van der Waals surface area contributed by atoms with Crippen molar-refractivity contribution in [2.24, 2.45) is 0 Å². The lowest BCUT2D eigenvalue weighted by molar-refractivity contribution is -0.386. The SMILES string of the molecule is O=C(O)c1ccc(Br)c(Oc2ncccc2[N+](=O)[O-])c1. The summed E-state index contributed by atoms with van der Waals surface area (Å²) in [5.41, 5.74) is -0.304. The summed E-state index contributed by atoms with van der Waals surface area (Å²) in [6, 6.07) is 6.77. The Bertz CT molecular complexity index is 689. The van der Waals surface area contributed by atoms with Gasteiger partial charge in [0.25, 0.3) is 5.88 Å². The van der Waals surface area contributed by atoms with E-state index in [1.54, 1.807) is 0 Å². The van der Waals surface area contributed by atoms with E-state index < -0.39 is 10.9 Å². The van der Waals surface area contributed by atoms with E-state index in [-0.39, 0.29) is 22.9 Å². The quantitative estimate of drug-likeness (QED) is 0.678. The molecule has 7 nitrogen and oxygen atoms in total. The third kappa shape index (κ3) is 2.91. The van der Waals surface area contributed by atoms with Gasteiger partial charge in [0.1, 0.15) is 5.75 Å². The second kappa shape index (κ2) is 5.66. The van der Waals surface area contributed by atoms with Crippen LogP contribution in [0.25, 0.3) is 0 Å². The smallest absolute Gasteiger partial charge is 0.335 e. The molecule has 0 atom stereocenters. The lowest BCUT2D eigenvalue weighted by Gasteiger charge is -2.07. The van der Waals surface area contributed by atoms with Gasteiger partial charge in [0.15, 0.2) is 0 Å². The maximum atomic E-state index is 10.9. The highest BCUT2D eigenvalue weighted by Gasteiger charge is 2.18. The van der Waals surface area contributed by atoms with Crippen LogP contribution in [0.4, 0.5) is 5.69 Å². The molecule has 0 saturated carbocycles. The summed E-state index contributed by atoms with van der Waals surface area (Å²) in [7, 11) is 0. The zero-order valence-electron chi connectivity index (χ0n) is 9.82. The first-order valence-corrected chi connectivity index (χ1v) is 6.08. The molecule has 1 aromatic carbocycles. The van der Waals surface area contributed by atoms with Crippen LogP contribution >= 0.6 is 15.9 Å². The van der Waals surface area contributed by atoms with Crippen LogP contribution in [0.15, 0.2) is 41.0 Å².